The first-order valence-electron chi connectivity index (χ1n) is 8.78. The van der Waals surface area contributed by atoms with Crippen LogP contribution in [0, 0.1) is 0 Å². The third-order valence-electron chi connectivity index (χ3n) is 4.53. The highest BCUT2D eigenvalue weighted by Gasteiger charge is 2.34. The molecule has 0 amide bonds. The first-order chi connectivity index (χ1) is 13.5. The van der Waals surface area contributed by atoms with E-state index < -0.39 is 11.7 Å². The van der Waals surface area contributed by atoms with Gasteiger partial charge in [0, 0.05) is 11.1 Å². The molecule has 8 heteroatoms. The summed E-state index contributed by atoms with van der Waals surface area (Å²) in [4.78, 5) is 8.91. The molecule has 0 spiro atoms. The van der Waals surface area contributed by atoms with Gasteiger partial charge in [0.05, 0.1) is 17.8 Å². The second-order valence-corrected chi connectivity index (χ2v) is 6.32. The molecule has 1 aliphatic heterocycles. The average molecular weight is 383 g/mol. The van der Waals surface area contributed by atoms with Crippen LogP contribution in [-0.2, 0) is 6.18 Å². The molecule has 28 heavy (non-hydrogen) atoms. The Bertz CT molecular complexity index is 1050. The zero-order chi connectivity index (χ0) is 19.7. The average Bonchev–Trinajstić information content (AvgIpc) is 3.05. The van der Waals surface area contributed by atoms with Gasteiger partial charge in [-0.15, -0.1) is 5.10 Å². The molecule has 0 aliphatic carbocycles. The molecule has 1 N–H and O–H groups in total. The fraction of sp³-hybridized carbons (Fsp3) is 0.200. The Kier molecular flexibility index (Phi) is 4.54. The highest BCUT2D eigenvalue weighted by molar-refractivity contribution is 6.10. The lowest BCUT2D eigenvalue weighted by Crippen LogP contribution is -2.14. The minimum Gasteiger partial charge on any atom is -0.323 e. The van der Waals surface area contributed by atoms with Crippen LogP contribution in [0.25, 0.3) is 11.4 Å². The summed E-state index contributed by atoms with van der Waals surface area (Å²) in [5, 5.41) is 10.7. The number of fused-ring (bicyclic) bond motifs is 1. The van der Waals surface area contributed by atoms with Crippen LogP contribution in [-0.4, -0.2) is 21.0 Å². The molecule has 5 nitrogen and oxygen atoms in total. The molecule has 1 aromatic heterocycles. The van der Waals surface area contributed by atoms with Crippen molar-refractivity contribution in [2.24, 2.45) is 4.99 Å². The van der Waals surface area contributed by atoms with Crippen molar-refractivity contribution in [2.45, 2.75) is 25.6 Å². The van der Waals surface area contributed by atoms with Crippen molar-refractivity contribution < 1.29 is 13.2 Å². The highest BCUT2D eigenvalue weighted by Crippen LogP contribution is 2.36. The van der Waals surface area contributed by atoms with E-state index in [0.29, 0.717) is 5.84 Å². The maximum absolute atomic E-state index is 13.3. The first-order valence-corrected chi connectivity index (χ1v) is 8.78. The van der Waals surface area contributed by atoms with Crippen LogP contribution in [0.5, 0.6) is 0 Å². The van der Waals surface area contributed by atoms with Crippen molar-refractivity contribution in [2.75, 3.05) is 5.32 Å². The van der Waals surface area contributed by atoms with Crippen molar-refractivity contribution in [1.82, 2.24) is 15.2 Å². The molecule has 0 saturated carbocycles. The molecule has 4 rings (SSSR count). The third-order valence-corrected chi connectivity index (χ3v) is 4.53. The predicted octanol–water partition coefficient (Wildman–Crippen LogP) is 4.88. The van der Waals surface area contributed by atoms with Gasteiger partial charge in [-0.05, 0) is 18.1 Å². The standard InChI is InChI=1S/C20H16F3N5/c1-2-16-12-7-3-4-8-13(12)18(25-16)26-17-11-24-28-19(27-17)14-9-5-6-10-15(14)20(21,22)23/h3-11,16H,2H2,1H3,(H,25,26,27,28). The number of benzene rings is 2. The van der Waals surface area contributed by atoms with Gasteiger partial charge in [0.25, 0.3) is 0 Å². The van der Waals surface area contributed by atoms with E-state index in [0.717, 1.165) is 23.6 Å². The van der Waals surface area contributed by atoms with Crippen molar-refractivity contribution in [3.63, 3.8) is 0 Å². The SMILES string of the molecule is CCC1N=C(Nc2cnnc(-c3ccccc3C(F)(F)F)n2)c2ccccc21. The number of anilines is 1. The lowest BCUT2D eigenvalue weighted by molar-refractivity contribution is -0.137. The lowest BCUT2D eigenvalue weighted by atomic mass is 10.0. The minimum atomic E-state index is -4.51. The molecule has 142 valence electrons. The zero-order valence-corrected chi connectivity index (χ0v) is 14.9. The predicted molar refractivity (Wildman–Crippen MR) is 99.9 cm³/mol. The Hall–Kier alpha value is -3.29. The Balaban J connectivity index is 1.69. The Labute approximate surface area is 159 Å². The van der Waals surface area contributed by atoms with E-state index in [2.05, 4.69) is 25.5 Å². The zero-order valence-electron chi connectivity index (χ0n) is 14.9. The minimum absolute atomic E-state index is 0.0407. The molecule has 0 bridgehead atoms. The summed E-state index contributed by atoms with van der Waals surface area (Å²) in [5.41, 5.74) is 1.14. The molecule has 1 atom stereocenters. The number of halogens is 3. The van der Waals surface area contributed by atoms with Crippen LogP contribution in [0.3, 0.4) is 0 Å². The normalized spacial score (nSPS) is 15.9. The number of rotatable bonds is 3. The largest absolute Gasteiger partial charge is 0.417 e. The van der Waals surface area contributed by atoms with E-state index in [1.54, 1.807) is 0 Å². The molecule has 2 aromatic carbocycles. The van der Waals surface area contributed by atoms with Crippen LogP contribution in [0.1, 0.15) is 36.1 Å². The Morgan fingerprint density at radius 3 is 2.46 bits per heavy atom. The summed E-state index contributed by atoms with van der Waals surface area (Å²) in [6, 6.07) is 13.1. The van der Waals surface area contributed by atoms with E-state index in [4.69, 9.17) is 0 Å². The lowest BCUT2D eigenvalue weighted by Gasteiger charge is -2.12. The van der Waals surface area contributed by atoms with Gasteiger partial charge in [0.1, 0.15) is 5.84 Å². The van der Waals surface area contributed by atoms with Gasteiger partial charge < -0.3 is 5.32 Å². The summed E-state index contributed by atoms with van der Waals surface area (Å²) < 4.78 is 39.9. The van der Waals surface area contributed by atoms with Crippen molar-refractivity contribution >= 4 is 11.7 Å². The van der Waals surface area contributed by atoms with E-state index in [1.165, 1.54) is 24.4 Å². The monoisotopic (exact) mass is 383 g/mol. The van der Waals surface area contributed by atoms with E-state index >= 15 is 0 Å². The van der Waals surface area contributed by atoms with E-state index in [1.807, 2.05) is 31.2 Å². The summed E-state index contributed by atoms with van der Waals surface area (Å²) in [5.74, 6) is 0.808. The smallest absolute Gasteiger partial charge is 0.323 e. The number of hydrogen-bond acceptors (Lipinski definition) is 5. The Morgan fingerprint density at radius 2 is 1.71 bits per heavy atom. The fourth-order valence-electron chi connectivity index (χ4n) is 3.23. The number of hydrogen-bond donors (Lipinski definition) is 1. The quantitative estimate of drug-likeness (QED) is 0.700. The summed E-state index contributed by atoms with van der Waals surface area (Å²) in [6.45, 7) is 2.05. The molecular formula is C20H16F3N5. The number of aromatic nitrogens is 3. The van der Waals surface area contributed by atoms with Crippen LogP contribution in [0.4, 0.5) is 19.0 Å². The van der Waals surface area contributed by atoms with Gasteiger partial charge in [0.2, 0.25) is 0 Å². The van der Waals surface area contributed by atoms with Crippen molar-refractivity contribution in [3.05, 3.63) is 71.4 Å². The molecule has 0 fully saturated rings. The second-order valence-electron chi connectivity index (χ2n) is 6.32. The van der Waals surface area contributed by atoms with Crippen LogP contribution in [0.2, 0.25) is 0 Å². The summed E-state index contributed by atoms with van der Waals surface area (Å²) >= 11 is 0. The van der Waals surface area contributed by atoms with Crippen LogP contribution < -0.4 is 5.32 Å². The van der Waals surface area contributed by atoms with Gasteiger partial charge in [-0.2, -0.15) is 18.3 Å². The van der Waals surface area contributed by atoms with E-state index in [9.17, 15) is 13.2 Å². The maximum atomic E-state index is 13.3. The topological polar surface area (TPSA) is 63.1 Å². The number of nitrogens with zero attached hydrogens (tertiary/aromatic N) is 4. The van der Waals surface area contributed by atoms with Gasteiger partial charge in [-0.1, -0.05) is 49.4 Å². The van der Waals surface area contributed by atoms with Gasteiger partial charge in [-0.3, -0.25) is 4.99 Å². The molecule has 1 aliphatic rings. The molecule has 2 heterocycles. The third kappa shape index (κ3) is 3.33. The number of alkyl halides is 3. The molecular weight excluding hydrogens is 367 g/mol. The molecule has 3 aromatic rings. The number of nitrogens with one attached hydrogen (secondary N) is 1. The number of amidine groups is 1. The first kappa shape index (κ1) is 18.1. The number of aliphatic imine (C=N–C) groups is 1. The summed E-state index contributed by atoms with van der Waals surface area (Å²) in [7, 11) is 0. The van der Waals surface area contributed by atoms with Crippen LogP contribution >= 0.6 is 0 Å². The Morgan fingerprint density at radius 1 is 1.00 bits per heavy atom. The van der Waals surface area contributed by atoms with Gasteiger partial charge in [-0.25, -0.2) is 4.98 Å². The maximum Gasteiger partial charge on any atom is 0.417 e. The van der Waals surface area contributed by atoms with Gasteiger partial charge in [0.15, 0.2) is 11.6 Å². The fourth-order valence-corrected chi connectivity index (χ4v) is 3.23. The van der Waals surface area contributed by atoms with Crippen molar-refractivity contribution in [1.29, 1.82) is 0 Å². The van der Waals surface area contributed by atoms with E-state index in [-0.39, 0.29) is 23.2 Å². The summed E-state index contributed by atoms with van der Waals surface area (Å²) in [6.07, 6.45) is -2.30. The molecule has 0 radical (unpaired) electrons. The van der Waals surface area contributed by atoms with Crippen molar-refractivity contribution in [3.8, 4) is 11.4 Å². The van der Waals surface area contributed by atoms with Gasteiger partial charge >= 0.3 is 6.18 Å². The highest BCUT2D eigenvalue weighted by atomic mass is 19.4. The molecule has 1 unspecified atom stereocenters. The second kappa shape index (κ2) is 7.03. The molecule has 0 saturated heterocycles. The van der Waals surface area contributed by atoms with Crippen LogP contribution in [0.15, 0.2) is 59.7 Å².